The molecule has 0 unspecified atom stereocenters. The molecule has 0 aromatic heterocycles. The number of hydrogen-bond acceptors (Lipinski definition) is 4. The van der Waals surface area contributed by atoms with Gasteiger partial charge in [-0.1, -0.05) is 36.4 Å². The van der Waals surface area contributed by atoms with E-state index in [-0.39, 0.29) is 36.8 Å². The SMILES string of the molecule is O=C(O)CCCN(C1CC1)[C@@H]1c2ccc(F)cc2N(C(=O)OCc2ccccc2)[C@@H]2CC[C@@H]21. The van der Waals surface area contributed by atoms with Gasteiger partial charge in [0.1, 0.15) is 12.4 Å². The van der Waals surface area contributed by atoms with E-state index in [2.05, 4.69) is 4.90 Å². The highest BCUT2D eigenvalue weighted by atomic mass is 19.1. The van der Waals surface area contributed by atoms with E-state index < -0.39 is 12.1 Å². The molecule has 1 heterocycles. The number of anilines is 1. The van der Waals surface area contributed by atoms with Crippen molar-refractivity contribution in [1.82, 2.24) is 4.90 Å². The Kier molecular flexibility index (Phi) is 6.06. The van der Waals surface area contributed by atoms with E-state index in [1.807, 2.05) is 30.3 Å². The zero-order valence-electron chi connectivity index (χ0n) is 18.5. The maximum Gasteiger partial charge on any atom is 0.414 e. The second kappa shape index (κ2) is 9.14. The van der Waals surface area contributed by atoms with Crippen LogP contribution in [0.4, 0.5) is 14.9 Å². The minimum Gasteiger partial charge on any atom is -0.481 e. The number of nitrogens with zero attached hydrogens (tertiary/aromatic N) is 2. The molecule has 1 amide bonds. The largest absolute Gasteiger partial charge is 0.481 e. The molecule has 0 spiro atoms. The molecule has 6 nitrogen and oxygen atoms in total. The first-order valence-electron chi connectivity index (χ1n) is 11.8. The van der Waals surface area contributed by atoms with Gasteiger partial charge < -0.3 is 9.84 Å². The molecule has 5 rings (SSSR count). The van der Waals surface area contributed by atoms with Crippen molar-refractivity contribution in [2.45, 2.75) is 63.3 Å². The third-order valence-electron chi connectivity index (χ3n) is 7.18. The molecule has 174 valence electrons. The summed E-state index contributed by atoms with van der Waals surface area (Å²) in [4.78, 5) is 28.4. The van der Waals surface area contributed by atoms with Crippen molar-refractivity contribution in [3.8, 4) is 0 Å². The quantitative estimate of drug-likeness (QED) is 0.601. The van der Waals surface area contributed by atoms with Crippen molar-refractivity contribution in [1.29, 1.82) is 0 Å². The van der Waals surface area contributed by atoms with Gasteiger partial charge in [-0.05, 0) is 67.8 Å². The topological polar surface area (TPSA) is 70.1 Å². The summed E-state index contributed by atoms with van der Waals surface area (Å²) in [5.74, 6) is -0.932. The van der Waals surface area contributed by atoms with Crippen LogP contribution in [0.3, 0.4) is 0 Å². The average Bonchev–Trinajstić information content (AvgIpc) is 3.62. The lowest BCUT2D eigenvalue weighted by molar-refractivity contribution is -0.137. The van der Waals surface area contributed by atoms with Crippen LogP contribution in [-0.4, -0.2) is 40.7 Å². The van der Waals surface area contributed by atoms with Crippen LogP contribution in [0.2, 0.25) is 0 Å². The maximum atomic E-state index is 14.4. The number of carbonyl (C=O) groups excluding carboxylic acids is 1. The van der Waals surface area contributed by atoms with Crippen molar-refractivity contribution >= 4 is 17.7 Å². The van der Waals surface area contributed by atoms with Crippen molar-refractivity contribution in [2.75, 3.05) is 11.4 Å². The Hall–Kier alpha value is -2.93. The Labute approximate surface area is 192 Å². The number of carbonyl (C=O) groups is 2. The van der Waals surface area contributed by atoms with Crippen LogP contribution in [0.5, 0.6) is 0 Å². The van der Waals surface area contributed by atoms with Gasteiger partial charge in [-0.3, -0.25) is 14.6 Å². The molecule has 1 aliphatic heterocycles. The van der Waals surface area contributed by atoms with Crippen LogP contribution < -0.4 is 4.90 Å². The molecule has 2 fully saturated rings. The number of fused-ring (bicyclic) bond motifs is 2. The van der Waals surface area contributed by atoms with E-state index in [1.54, 1.807) is 11.0 Å². The zero-order valence-corrected chi connectivity index (χ0v) is 18.5. The molecule has 0 radical (unpaired) electrons. The van der Waals surface area contributed by atoms with Gasteiger partial charge in [0.05, 0.1) is 5.69 Å². The minimum atomic E-state index is -0.786. The number of rotatable bonds is 8. The normalized spacial score (nSPS) is 23.5. The molecule has 2 aliphatic carbocycles. The van der Waals surface area contributed by atoms with E-state index >= 15 is 0 Å². The summed E-state index contributed by atoms with van der Waals surface area (Å²) in [6.07, 6.45) is 4.31. The number of hydrogen-bond donors (Lipinski definition) is 1. The fourth-order valence-electron chi connectivity index (χ4n) is 5.40. The van der Waals surface area contributed by atoms with Gasteiger partial charge >= 0.3 is 12.1 Å². The van der Waals surface area contributed by atoms with Crippen LogP contribution in [0.15, 0.2) is 48.5 Å². The molecule has 0 bridgehead atoms. The van der Waals surface area contributed by atoms with Gasteiger partial charge in [0.25, 0.3) is 0 Å². The van der Waals surface area contributed by atoms with Gasteiger partial charge in [0, 0.05) is 24.5 Å². The van der Waals surface area contributed by atoms with Crippen molar-refractivity contribution in [2.24, 2.45) is 5.92 Å². The van der Waals surface area contributed by atoms with Crippen molar-refractivity contribution in [3.63, 3.8) is 0 Å². The number of benzene rings is 2. The van der Waals surface area contributed by atoms with E-state index in [0.717, 1.165) is 36.8 Å². The summed E-state index contributed by atoms with van der Waals surface area (Å²) in [5, 5.41) is 9.09. The van der Waals surface area contributed by atoms with Crippen molar-refractivity contribution in [3.05, 3.63) is 65.5 Å². The Balaban J connectivity index is 1.42. The minimum absolute atomic E-state index is 0.0340. The molecule has 33 heavy (non-hydrogen) atoms. The van der Waals surface area contributed by atoms with Gasteiger partial charge in [0.2, 0.25) is 0 Å². The maximum absolute atomic E-state index is 14.4. The van der Waals surface area contributed by atoms with Gasteiger partial charge in [-0.25, -0.2) is 9.18 Å². The molecular weight excluding hydrogens is 423 g/mol. The predicted molar refractivity (Wildman–Crippen MR) is 121 cm³/mol. The molecule has 0 saturated heterocycles. The fourth-order valence-corrected chi connectivity index (χ4v) is 5.40. The van der Waals surface area contributed by atoms with E-state index in [4.69, 9.17) is 9.84 Å². The summed E-state index contributed by atoms with van der Waals surface area (Å²) in [7, 11) is 0. The van der Waals surface area contributed by atoms with E-state index in [9.17, 15) is 14.0 Å². The van der Waals surface area contributed by atoms with Gasteiger partial charge in [0.15, 0.2) is 0 Å². The highest BCUT2D eigenvalue weighted by Gasteiger charge is 2.52. The van der Waals surface area contributed by atoms with Crippen LogP contribution in [0.1, 0.15) is 55.7 Å². The molecule has 1 N–H and O–H groups in total. The first kappa shape index (κ1) is 21.9. The summed E-state index contributed by atoms with van der Waals surface area (Å²) in [5.41, 5.74) is 2.43. The number of ether oxygens (including phenoxy) is 1. The molecular formula is C26H29FN2O4. The fraction of sp³-hybridized carbons (Fsp3) is 0.462. The number of carboxylic acids is 1. The van der Waals surface area contributed by atoms with Crippen LogP contribution in [0.25, 0.3) is 0 Å². The summed E-state index contributed by atoms with van der Waals surface area (Å²) >= 11 is 0. The number of aliphatic carboxylic acids is 1. The monoisotopic (exact) mass is 452 g/mol. The predicted octanol–water partition coefficient (Wildman–Crippen LogP) is 5.13. The van der Waals surface area contributed by atoms with Crippen LogP contribution >= 0.6 is 0 Å². The smallest absolute Gasteiger partial charge is 0.414 e. The molecule has 3 aliphatic rings. The van der Waals surface area contributed by atoms with Crippen LogP contribution in [0, 0.1) is 11.7 Å². The second-order valence-corrected chi connectivity index (χ2v) is 9.33. The molecule has 3 atom stereocenters. The highest BCUT2D eigenvalue weighted by Crippen LogP contribution is 2.54. The van der Waals surface area contributed by atoms with E-state index in [1.165, 1.54) is 12.1 Å². The third kappa shape index (κ3) is 4.47. The third-order valence-corrected chi connectivity index (χ3v) is 7.18. The van der Waals surface area contributed by atoms with E-state index in [0.29, 0.717) is 24.7 Å². The van der Waals surface area contributed by atoms with Gasteiger partial charge in [-0.2, -0.15) is 0 Å². The molecule has 7 heteroatoms. The number of halogens is 1. The van der Waals surface area contributed by atoms with Crippen molar-refractivity contribution < 1.29 is 23.8 Å². The second-order valence-electron chi connectivity index (χ2n) is 9.33. The Bertz CT molecular complexity index is 1030. The first-order valence-corrected chi connectivity index (χ1v) is 11.8. The Morgan fingerprint density at radius 1 is 1.09 bits per heavy atom. The van der Waals surface area contributed by atoms with Gasteiger partial charge in [-0.15, -0.1) is 0 Å². The van der Waals surface area contributed by atoms with Crippen LogP contribution in [-0.2, 0) is 16.1 Å². The summed E-state index contributed by atoms with van der Waals surface area (Å²) < 4.78 is 20.0. The Morgan fingerprint density at radius 3 is 2.55 bits per heavy atom. The molecule has 2 aromatic carbocycles. The highest BCUT2D eigenvalue weighted by molar-refractivity contribution is 5.90. The summed E-state index contributed by atoms with van der Waals surface area (Å²) in [6.45, 7) is 0.866. The average molecular weight is 453 g/mol. The lowest BCUT2D eigenvalue weighted by Gasteiger charge is -2.55. The lowest BCUT2D eigenvalue weighted by atomic mass is 9.68. The Morgan fingerprint density at radius 2 is 1.88 bits per heavy atom. The number of amides is 1. The first-order chi connectivity index (χ1) is 16.0. The molecule has 2 saturated carbocycles. The zero-order chi connectivity index (χ0) is 22.9. The number of carboxylic acid groups (broad SMARTS) is 1. The summed E-state index contributed by atoms with van der Waals surface area (Å²) in [6, 6.07) is 14.7. The molecule has 2 aromatic rings. The standard InChI is InChI=1S/C26H29FN2O4/c27-18-8-11-21-23(15-18)29(26(32)33-16-17-5-2-1-3-6-17)22-13-12-20(22)25(21)28(19-9-10-19)14-4-7-24(30)31/h1-3,5-6,8,11,15,19-20,22,25H,4,7,9-10,12-14,16H2,(H,30,31)/t20-,22+,25-/m0/s1. The lowest BCUT2D eigenvalue weighted by Crippen LogP contribution is -2.58.